The summed E-state index contributed by atoms with van der Waals surface area (Å²) in [6, 6.07) is 0. The maximum absolute atomic E-state index is 0. The average molecular weight is 245 g/mol. The molecule has 0 heterocycles. The van der Waals surface area contributed by atoms with Crippen LogP contribution in [0.1, 0.15) is 0 Å². The summed E-state index contributed by atoms with van der Waals surface area (Å²) >= 11 is 0. The zero-order chi connectivity index (χ0) is 0. The molecular weight excluding hydrogens is 245 g/mol. The zero-order valence-corrected chi connectivity index (χ0v) is 11.3. The van der Waals surface area contributed by atoms with Gasteiger partial charge in [-0.05, 0) is 0 Å². The fourth-order valence-electron chi connectivity index (χ4n) is 0. The summed E-state index contributed by atoms with van der Waals surface area (Å²) in [5, 5.41) is 0. The first kappa shape index (κ1) is 23.6. The second-order valence-electron chi connectivity index (χ2n) is 0. The molecule has 0 amide bonds. The van der Waals surface area contributed by atoms with Gasteiger partial charge in [0.1, 0.15) is 0 Å². The van der Waals surface area contributed by atoms with Gasteiger partial charge < -0.3 is 0 Å². The van der Waals surface area contributed by atoms with Gasteiger partial charge in [-0.2, -0.15) is 0 Å². The molecule has 23 valence electrons. The smallest absolute Gasteiger partial charge is 0 e. The Morgan fingerprint density at radius 2 is 0.750 bits per heavy atom. The standard InChI is InChI=1S/Ag.2K.Ni. The van der Waals surface area contributed by atoms with Gasteiger partial charge in [-0.15, -0.1) is 0 Å². The monoisotopic (exact) mass is 243 g/mol. The van der Waals surface area contributed by atoms with Crippen LogP contribution < -0.4 is 0 Å². The van der Waals surface area contributed by atoms with E-state index >= 15 is 0 Å². The van der Waals surface area contributed by atoms with E-state index in [1.54, 1.807) is 0 Å². The van der Waals surface area contributed by atoms with Crippen molar-refractivity contribution in [2.24, 2.45) is 0 Å². The van der Waals surface area contributed by atoms with E-state index in [1.165, 1.54) is 0 Å². The molecule has 0 aromatic carbocycles. The van der Waals surface area contributed by atoms with Gasteiger partial charge in [0.25, 0.3) is 0 Å². The van der Waals surface area contributed by atoms with E-state index in [2.05, 4.69) is 0 Å². The van der Waals surface area contributed by atoms with Crippen LogP contribution in [0.3, 0.4) is 0 Å². The Morgan fingerprint density at radius 3 is 0.750 bits per heavy atom. The van der Waals surface area contributed by atoms with Crippen molar-refractivity contribution in [3.8, 4) is 0 Å². The minimum Gasteiger partial charge on any atom is 0 e. The second-order valence-corrected chi connectivity index (χ2v) is 0. The van der Waals surface area contributed by atoms with Gasteiger partial charge in [0.15, 0.2) is 0 Å². The van der Waals surface area contributed by atoms with Crippen molar-refractivity contribution in [1.29, 1.82) is 0 Å². The van der Waals surface area contributed by atoms with Crippen LogP contribution in [0.25, 0.3) is 0 Å². The SMILES string of the molecule is [Ag].[K].[K].[Ni]. The fraction of sp³-hybridized carbons (Fsp3) is 0. The fourth-order valence-corrected chi connectivity index (χ4v) is 0. The van der Waals surface area contributed by atoms with Crippen LogP contribution in [0.15, 0.2) is 0 Å². The summed E-state index contributed by atoms with van der Waals surface area (Å²) in [5.41, 5.74) is 0. The van der Waals surface area contributed by atoms with E-state index in [4.69, 9.17) is 0 Å². The molecule has 0 spiro atoms. The van der Waals surface area contributed by atoms with Gasteiger partial charge >= 0.3 is 0 Å². The molecular formula is AgK2Ni. The van der Waals surface area contributed by atoms with Crippen LogP contribution in [0, 0.1) is 0 Å². The first-order valence-electron chi connectivity index (χ1n) is 0. The van der Waals surface area contributed by atoms with Crippen molar-refractivity contribution < 1.29 is 38.9 Å². The van der Waals surface area contributed by atoms with Gasteiger partial charge in [0, 0.05) is 142 Å². The normalized spacial score (nSPS) is 0. The van der Waals surface area contributed by atoms with Gasteiger partial charge in [0.05, 0.1) is 0 Å². The number of hydrogen-bond acceptors (Lipinski definition) is 0. The van der Waals surface area contributed by atoms with Gasteiger partial charge in [-0.1, -0.05) is 0 Å². The van der Waals surface area contributed by atoms with Gasteiger partial charge in [0.2, 0.25) is 0 Å². The molecule has 0 saturated carbocycles. The molecule has 0 aromatic rings. The van der Waals surface area contributed by atoms with Crippen molar-refractivity contribution >= 4 is 103 Å². The van der Waals surface area contributed by atoms with Crippen LogP contribution in [-0.2, 0) is 38.9 Å². The third-order valence-electron chi connectivity index (χ3n) is 0. The molecule has 4 heavy (non-hydrogen) atoms. The first-order chi connectivity index (χ1) is 0. The van der Waals surface area contributed by atoms with Crippen molar-refractivity contribution in [2.75, 3.05) is 0 Å². The van der Waals surface area contributed by atoms with Crippen LogP contribution in [0.2, 0.25) is 0 Å². The Balaban J connectivity index is 0. The van der Waals surface area contributed by atoms with E-state index in [-0.39, 0.29) is 142 Å². The predicted molar refractivity (Wildman–Crippen MR) is 11.5 cm³/mol. The Morgan fingerprint density at radius 1 is 0.750 bits per heavy atom. The second kappa shape index (κ2) is 15.6. The minimum atomic E-state index is 0. The first-order valence-corrected chi connectivity index (χ1v) is 0. The largest absolute Gasteiger partial charge is 0 e. The Hall–Kier alpha value is 4.51. The number of rotatable bonds is 0. The molecule has 0 unspecified atom stereocenters. The van der Waals surface area contributed by atoms with Crippen LogP contribution in [0.5, 0.6) is 0 Å². The zero-order valence-electron chi connectivity index (χ0n) is 2.62. The van der Waals surface area contributed by atoms with E-state index in [1.807, 2.05) is 0 Å². The summed E-state index contributed by atoms with van der Waals surface area (Å²) < 4.78 is 0. The molecule has 0 rings (SSSR count). The molecule has 0 aliphatic carbocycles. The molecule has 0 fully saturated rings. The van der Waals surface area contributed by atoms with Crippen molar-refractivity contribution in [2.45, 2.75) is 0 Å². The predicted octanol–water partition coefficient (Wildman–Crippen LogP) is -0.767. The Kier molecular flexibility index (Phi) is 92.3. The van der Waals surface area contributed by atoms with E-state index in [0.29, 0.717) is 0 Å². The molecule has 0 aliphatic rings. The van der Waals surface area contributed by atoms with E-state index in [0.717, 1.165) is 0 Å². The molecule has 0 aliphatic heterocycles. The molecule has 0 saturated heterocycles. The van der Waals surface area contributed by atoms with Gasteiger partial charge in [-0.25, -0.2) is 0 Å². The molecule has 0 aromatic heterocycles. The van der Waals surface area contributed by atoms with E-state index < -0.39 is 0 Å². The number of hydrogen-bond donors (Lipinski definition) is 0. The third kappa shape index (κ3) is 9.71. The molecule has 3 radical (unpaired) electrons. The van der Waals surface area contributed by atoms with Crippen molar-refractivity contribution in [3.05, 3.63) is 0 Å². The average Bonchev–Trinajstić information content (AvgIpc) is 0. The van der Waals surface area contributed by atoms with Crippen LogP contribution in [0.4, 0.5) is 0 Å². The topological polar surface area (TPSA) is 0 Å². The summed E-state index contributed by atoms with van der Waals surface area (Å²) in [5.74, 6) is 0. The summed E-state index contributed by atoms with van der Waals surface area (Å²) in [4.78, 5) is 0. The maximum Gasteiger partial charge on any atom is 0 e. The van der Waals surface area contributed by atoms with Crippen molar-refractivity contribution in [3.63, 3.8) is 0 Å². The summed E-state index contributed by atoms with van der Waals surface area (Å²) in [7, 11) is 0. The van der Waals surface area contributed by atoms with E-state index in [9.17, 15) is 0 Å². The summed E-state index contributed by atoms with van der Waals surface area (Å²) in [6.07, 6.45) is 0. The maximum atomic E-state index is 0. The van der Waals surface area contributed by atoms with Crippen LogP contribution in [-0.4, -0.2) is 103 Å². The van der Waals surface area contributed by atoms with Crippen molar-refractivity contribution in [1.82, 2.24) is 0 Å². The van der Waals surface area contributed by atoms with Gasteiger partial charge in [-0.3, -0.25) is 0 Å². The Bertz CT molecular complexity index is 6.00. The molecule has 0 N–H and O–H groups in total. The molecule has 4 heteroatoms. The third-order valence-corrected chi connectivity index (χ3v) is 0. The summed E-state index contributed by atoms with van der Waals surface area (Å²) in [6.45, 7) is 0. The minimum absolute atomic E-state index is 0. The van der Waals surface area contributed by atoms with Crippen LogP contribution >= 0.6 is 0 Å². The Labute approximate surface area is 137 Å². The molecule has 0 nitrogen and oxygen atoms in total. The quantitative estimate of drug-likeness (QED) is 0.491. The molecule has 0 bridgehead atoms. The molecule has 0 atom stereocenters.